The van der Waals surface area contributed by atoms with E-state index in [9.17, 15) is 9.59 Å². The molecule has 0 heterocycles. The first-order chi connectivity index (χ1) is 13.5. The summed E-state index contributed by atoms with van der Waals surface area (Å²) in [7, 11) is 0. The van der Waals surface area contributed by atoms with Crippen LogP contribution in [0.1, 0.15) is 17.5 Å². The summed E-state index contributed by atoms with van der Waals surface area (Å²) in [6.07, 6.45) is -0.255. The molecule has 0 aromatic heterocycles. The van der Waals surface area contributed by atoms with Crippen molar-refractivity contribution < 1.29 is 14.3 Å². The number of benzene rings is 3. The van der Waals surface area contributed by atoms with Crippen LogP contribution in [0.15, 0.2) is 72.8 Å². The molecule has 0 spiro atoms. The second-order valence-electron chi connectivity index (χ2n) is 6.59. The molecule has 0 atom stereocenters. The average molecular weight is 374 g/mol. The summed E-state index contributed by atoms with van der Waals surface area (Å²) < 4.78 is 5.71. The maximum atomic E-state index is 12.1. The molecule has 2 N–H and O–H groups in total. The molecule has 5 nitrogen and oxygen atoms in total. The van der Waals surface area contributed by atoms with Crippen molar-refractivity contribution in [1.29, 1.82) is 0 Å². The van der Waals surface area contributed by atoms with Gasteiger partial charge in [0, 0.05) is 11.4 Å². The van der Waals surface area contributed by atoms with Crippen LogP contribution in [0, 0.1) is 13.8 Å². The fourth-order valence-electron chi connectivity index (χ4n) is 2.83. The molecule has 0 fully saturated rings. The van der Waals surface area contributed by atoms with Crippen LogP contribution in [0.5, 0.6) is 11.5 Å². The fraction of sp³-hybridized carbons (Fsp3) is 0.130. The quantitative estimate of drug-likeness (QED) is 0.593. The van der Waals surface area contributed by atoms with Gasteiger partial charge in [0.05, 0.1) is 0 Å². The van der Waals surface area contributed by atoms with Crippen LogP contribution in [0.4, 0.5) is 11.4 Å². The SMILES string of the molecule is Cc1cc(C)cc(NC(=O)CC(=O)Nc2ccc(Oc3ccccc3)cc2)c1. The smallest absolute Gasteiger partial charge is 0.233 e. The molecule has 28 heavy (non-hydrogen) atoms. The first-order valence-electron chi connectivity index (χ1n) is 8.99. The lowest BCUT2D eigenvalue weighted by molar-refractivity contribution is -0.123. The summed E-state index contributed by atoms with van der Waals surface area (Å²) >= 11 is 0. The summed E-state index contributed by atoms with van der Waals surface area (Å²) in [5.41, 5.74) is 3.40. The number of nitrogens with one attached hydrogen (secondary N) is 2. The summed E-state index contributed by atoms with van der Waals surface area (Å²) in [5.74, 6) is 0.671. The molecule has 0 aliphatic heterocycles. The van der Waals surface area contributed by atoms with Crippen molar-refractivity contribution in [3.8, 4) is 11.5 Å². The molecule has 3 rings (SSSR count). The number of anilines is 2. The van der Waals surface area contributed by atoms with E-state index in [-0.39, 0.29) is 18.2 Å². The Hall–Kier alpha value is -3.60. The van der Waals surface area contributed by atoms with Gasteiger partial charge in [-0.3, -0.25) is 9.59 Å². The zero-order valence-corrected chi connectivity index (χ0v) is 15.9. The van der Waals surface area contributed by atoms with E-state index in [0.29, 0.717) is 17.1 Å². The van der Waals surface area contributed by atoms with E-state index in [2.05, 4.69) is 10.6 Å². The van der Waals surface area contributed by atoms with Gasteiger partial charge in [-0.2, -0.15) is 0 Å². The lowest BCUT2D eigenvalue weighted by Crippen LogP contribution is -2.21. The number of carbonyl (C=O) groups excluding carboxylic acids is 2. The van der Waals surface area contributed by atoms with Gasteiger partial charge in [-0.05, 0) is 73.5 Å². The summed E-state index contributed by atoms with van der Waals surface area (Å²) in [4.78, 5) is 24.2. The Bertz CT molecular complexity index is 947. The molecule has 0 aliphatic rings. The van der Waals surface area contributed by atoms with Crippen molar-refractivity contribution in [3.05, 3.63) is 83.9 Å². The Kier molecular flexibility index (Phi) is 6.07. The number of hydrogen-bond acceptors (Lipinski definition) is 3. The Morgan fingerprint density at radius 3 is 1.86 bits per heavy atom. The van der Waals surface area contributed by atoms with Crippen LogP contribution < -0.4 is 15.4 Å². The predicted octanol–water partition coefficient (Wildman–Crippen LogP) is 5.06. The molecule has 0 aliphatic carbocycles. The number of ether oxygens (including phenoxy) is 1. The van der Waals surface area contributed by atoms with Gasteiger partial charge >= 0.3 is 0 Å². The third-order valence-electron chi connectivity index (χ3n) is 3.94. The van der Waals surface area contributed by atoms with Gasteiger partial charge in [-0.25, -0.2) is 0 Å². The normalized spacial score (nSPS) is 10.2. The maximum Gasteiger partial charge on any atom is 0.233 e. The van der Waals surface area contributed by atoms with E-state index in [4.69, 9.17) is 4.74 Å². The van der Waals surface area contributed by atoms with Crippen molar-refractivity contribution in [2.45, 2.75) is 20.3 Å². The van der Waals surface area contributed by atoms with Crippen LogP contribution >= 0.6 is 0 Å². The number of aryl methyl sites for hydroxylation is 2. The number of rotatable bonds is 6. The molecule has 0 saturated heterocycles. The minimum Gasteiger partial charge on any atom is -0.457 e. The Labute approximate surface area is 164 Å². The second-order valence-corrected chi connectivity index (χ2v) is 6.59. The molecule has 142 valence electrons. The van der Waals surface area contributed by atoms with Crippen LogP contribution in [0.25, 0.3) is 0 Å². The van der Waals surface area contributed by atoms with E-state index in [1.165, 1.54) is 0 Å². The van der Waals surface area contributed by atoms with E-state index in [1.54, 1.807) is 24.3 Å². The van der Waals surface area contributed by atoms with Crippen LogP contribution in [-0.4, -0.2) is 11.8 Å². The van der Waals surface area contributed by atoms with Gasteiger partial charge < -0.3 is 15.4 Å². The highest BCUT2D eigenvalue weighted by molar-refractivity contribution is 6.08. The first-order valence-corrected chi connectivity index (χ1v) is 8.99. The Balaban J connectivity index is 1.52. The van der Waals surface area contributed by atoms with E-state index < -0.39 is 0 Å². The molecule has 0 unspecified atom stereocenters. The van der Waals surface area contributed by atoms with Crippen molar-refractivity contribution in [2.24, 2.45) is 0 Å². The van der Waals surface area contributed by atoms with E-state index in [0.717, 1.165) is 16.9 Å². The first kappa shape index (κ1) is 19.2. The molecular weight excluding hydrogens is 352 g/mol. The highest BCUT2D eigenvalue weighted by atomic mass is 16.5. The van der Waals surface area contributed by atoms with Crippen molar-refractivity contribution in [2.75, 3.05) is 10.6 Å². The number of carbonyl (C=O) groups is 2. The monoisotopic (exact) mass is 374 g/mol. The highest BCUT2D eigenvalue weighted by Crippen LogP contribution is 2.22. The second kappa shape index (κ2) is 8.86. The standard InChI is InChI=1S/C23H22N2O3/c1-16-12-17(2)14-19(13-16)25-23(27)15-22(26)24-18-8-10-21(11-9-18)28-20-6-4-3-5-7-20/h3-14H,15H2,1-2H3,(H,24,26)(H,25,27). The molecule has 2 amide bonds. The topological polar surface area (TPSA) is 67.4 Å². The zero-order valence-electron chi connectivity index (χ0n) is 15.9. The zero-order chi connectivity index (χ0) is 19.9. The third kappa shape index (κ3) is 5.71. The molecule has 0 saturated carbocycles. The van der Waals surface area contributed by atoms with Crippen LogP contribution in [0.2, 0.25) is 0 Å². The fourth-order valence-corrected chi connectivity index (χ4v) is 2.83. The Morgan fingerprint density at radius 2 is 1.25 bits per heavy atom. The molecule has 5 heteroatoms. The van der Waals surface area contributed by atoms with Crippen LogP contribution in [0.3, 0.4) is 0 Å². The lowest BCUT2D eigenvalue weighted by atomic mass is 10.1. The predicted molar refractivity (Wildman–Crippen MR) is 111 cm³/mol. The Morgan fingerprint density at radius 1 is 0.714 bits per heavy atom. The summed E-state index contributed by atoms with van der Waals surface area (Å²) in [6.45, 7) is 3.92. The van der Waals surface area contributed by atoms with Gasteiger partial charge in [0.15, 0.2) is 0 Å². The van der Waals surface area contributed by atoms with Gasteiger partial charge in [-0.15, -0.1) is 0 Å². The molecule has 3 aromatic carbocycles. The molecular formula is C23H22N2O3. The van der Waals surface area contributed by atoms with Gasteiger partial charge in [-0.1, -0.05) is 24.3 Å². The van der Waals surface area contributed by atoms with E-state index in [1.807, 2.05) is 62.4 Å². The molecule has 3 aromatic rings. The maximum absolute atomic E-state index is 12.1. The largest absolute Gasteiger partial charge is 0.457 e. The minimum atomic E-state index is -0.376. The van der Waals surface area contributed by atoms with Crippen LogP contribution in [-0.2, 0) is 9.59 Å². The van der Waals surface area contributed by atoms with E-state index >= 15 is 0 Å². The number of hydrogen-bond donors (Lipinski definition) is 2. The molecule has 0 radical (unpaired) electrons. The summed E-state index contributed by atoms with van der Waals surface area (Å²) in [5, 5.41) is 5.47. The van der Waals surface area contributed by atoms with Gasteiger partial charge in [0.1, 0.15) is 17.9 Å². The number of para-hydroxylation sites is 1. The van der Waals surface area contributed by atoms with Gasteiger partial charge in [0.25, 0.3) is 0 Å². The minimum absolute atomic E-state index is 0.255. The summed E-state index contributed by atoms with van der Waals surface area (Å²) in [6, 6.07) is 22.2. The molecule has 0 bridgehead atoms. The van der Waals surface area contributed by atoms with Crippen molar-refractivity contribution in [3.63, 3.8) is 0 Å². The highest BCUT2D eigenvalue weighted by Gasteiger charge is 2.10. The van der Waals surface area contributed by atoms with Crippen molar-refractivity contribution in [1.82, 2.24) is 0 Å². The lowest BCUT2D eigenvalue weighted by Gasteiger charge is -2.09. The van der Waals surface area contributed by atoms with Gasteiger partial charge in [0.2, 0.25) is 11.8 Å². The number of amides is 2. The third-order valence-corrected chi connectivity index (χ3v) is 3.94. The van der Waals surface area contributed by atoms with Crippen molar-refractivity contribution >= 4 is 23.2 Å². The average Bonchev–Trinajstić information content (AvgIpc) is 2.63.